The highest BCUT2D eigenvalue weighted by molar-refractivity contribution is 7.47. The van der Waals surface area contributed by atoms with Crippen molar-refractivity contribution in [2.75, 3.05) is 79.3 Å². The highest BCUT2D eigenvalue weighted by atomic mass is 31.2. The molecule has 12 atom stereocenters. The predicted octanol–water partition coefficient (Wildman–Crippen LogP) is -1.28. The molecule has 2 heterocycles. The molecule has 2 saturated heterocycles. The quantitative estimate of drug-likeness (QED) is 0.0265. The summed E-state index contributed by atoms with van der Waals surface area (Å²) in [5.41, 5.74) is 0. The van der Waals surface area contributed by atoms with E-state index in [1.807, 2.05) is 0 Å². The average molecular weight is 931 g/mol. The number of nitrogens with one attached hydrogen (secondary N) is 2. The van der Waals surface area contributed by atoms with Crippen molar-refractivity contribution >= 4 is 27.5 Å². The molecular weight excluding hydrogens is 862 g/mol. The van der Waals surface area contributed by atoms with Crippen LogP contribution in [0.3, 0.4) is 0 Å². The Bertz CT molecular complexity index is 1210. The highest BCUT2D eigenvalue weighted by Crippen LogP contribution is 2.44. The molecule has 2 aliphatic heterocycles. The maximum atomic E-state index is 12.1. The summed E-state index contributed by atoms with van der Waals surface area (Å²) in [6.07, 6.45) is -4.95. The number of hydrogen-bond donors (Lipinski definition) is 10. The fourth-order valence-corrected chi connectivity index (χ4v) is 7.58. The zero-order chi connectivity index (χ0) is 45.3. The van der Waals surface area contributed by atoms with E-state index in [-0.39, 0.29) is 66.1 Å². The molecule has 2 amide bonds. The van der Waals surface area contributed by atoms with Gasteiger partial charge in [0.15, 0.2) is 12.6 Å². The summed E-state index contributed by atoms with van der Waals surface area (Å²) in [6.45, 7) is 2.01. The van der Waals surface area contributed by atoms with Crippen LogP contribution in [-0.2, 0) is 65.2 Å². The summed E-state index contributed by atoms with van der Waals surface area (Å²) in [5.74, 6) is -0.905. The van der Waals surface area contributed by atoms with Crippen LogP contribution in [0.1, 0.15) is 71.6 Å². The maximum absolute atomic E-state index is 12.1. The summed E-state index contributed by atoms with van der Waals surface area (Å²) in [4.78, 5) is 42.7. The normalized spacial score (nSPS) is 28.8. The van der Waals surface area contributed by atoms with Gasteiger partial charge in [0, 0.05) is 33.7 Å². The first-order valence-corrected chi connectivity index (χ1v) is 23.4. The molecule has 10 N–H and O–H groups in total. The molecule has 2 aliphatic rings. The van der Waals surface area contributed by atoms with Gasteiger partial charge in [0.05, 0.1) is 59.5 Å². The second kappa shape index (κ2) is 30.7. The van der Waals surface area contributed by atoms with Gasteiger partial charge in [-0.05, 0) is 32.1 Å². The topological polar surface area (TPSA) is 346 Å². The van der Waals surface area contributed by atoms with E-state index in [0.717, 1.165) is 0 Å². The van der Waals surface area contributed by atoms with E-state index in [4.69, 9.17) is 46.5 Å². The number of amides is 2. The third kappa shape index (κ3) is 22.9. The number of aliphatic hydroxyl groups excluding tert-OH is 6. The molecule has 0 aromatic heterocycles. The molecule has 6 unspecified atom stereocenters. The van der Waals surface area contributed by atoms with Crippen molar-refractivity contribution in [3.8, 4) is 0 Å². The van der Waals surface area contributed by atoms with Crippen LogP contribution in [-0.4, -0.2) is 193 Å². The molecule has 2 rings (SSSR count). The molecular formula is C35H68N2O22P2. The summed E-state index contributed by atoms with van der Waals surface area (Å²) < 4.78 is 77.0. The Labute approximate surface area is 355 Å². The number of rotatable bonds is 34. The molecule has 0 aliphatic carbocycles. The molecule has 0 bridgehead atoms. The van der Waals surface area contributed by atoms with E-state index in [2.05, 4.69) is 10.6 Å². The van der Waals surface area contributed by atoms with E-state index >= 15 is 0 Å². The number of carbonyl (C=O) groups is 2. The largest absolute Gasteiger partial charge is 0.472 e. The van der Waals surface area contributed by atoms with Crippen molar-refractivity contribution in [1.29, 1.82) is 0 Å². The lowest BCUT2D eigenvalue weighted by Gasteiger charge is -2.42. The average Bonchev–Trinajstić information content (AvgIpc) is 3.20. The zero-order valence-electron chi connectivity index (χ0n) is 34.8. The SMILES string of the molecule is CC(=O)N[C@H]1C(O)[C@@H](O)C(CO)O[C@H]1OCCCCCCOP(=O)(O)OCCCOCCOCCOP(=O)(O)OCCCCCCO[C@@H]1OC(CO)[C@H](O)C(O)[C@@H]1NC(C)=O. The molecule has 26 heteroatoms. The van der Waals surface area contributed by atoms with Gasteiger partial charge in [0.2, 0.25) is 11.8 Å². The summed E-state index contributed by atoms with van der Waals surface area (Å²) in [6, 6.07) is -2.04. The first-order chi connectivity index (χ1) is 29.0. The Balaban J connectivity index is 1.40. The fraction of sp³-hybridized carbons (Fsp3) is 0.943. The lowest BCUT2D eigenvalue weighted by atomic mass is 9.97. The number of ether oxygens (including phenoxy) is 6. The van der Waals surface area contributed by atoms with Gasteiger partial charge in [-0.2, -0.15) is 0 Å². The number of phosphoric ester groups is 2. The van der Waals surface area contributed by atoms with E-state index in [0.29, 0.717) is 57.8 Å². The van der Waals surface area contributed by atoms with Gasteiger partial charge in [-0.15, -0.1) is 0 Å². The lowest BCUT2D eigenvalue weighted by molar-refractivity contribution is -0.270. The van der Waals surface area contributed by atoms with Gasteiger partial charge in [-0.3, -0.25) is 27.7 Å². The minimum Gasteiger partial charge on any atom is -0.394 e. The van der Waals surface area contributed by atoms with E-state index in [1.165, 1.54) is 13.8 Å². The third-order valence-corrected chi connectivity index (χ3v) is 11.2. The van der Waals surface area contributed by atoms with Crippen molar-refractivity contribution in [1.82, 2.24) is 10.6 Å². The van der Waals surface area contributed by atoms with Crippen LogP contribution in [0.4, 0.5) is 0 Å². The van der Waals surface area contributed by atoms with E-state index < -0.39 is 102 Å². The van der Waals surface area contributed by atoms with Gasteiger partial charge >= 0.3 is 15.6 Å². The van der Waals surface area contributed by atoms with Gasteiger partial charge in [0.25, 0.3) is 0 Å². The molecule has 61 heavy (non-hydrogen) atoms. The van der Waals surface area contributed by atoms with Gasteiger partial charge < -0.3 is 79.5 Å². The second-order valence-electron chi connectivity index (χ2n) is 14.3. The number of unbranched alkanes of at least 4 members (excludes halogenated alkanes) is 6. The lowest BCUT2D eigenvalue weighted by Crippen LogP contribution is -2.64. The number of phosphoric acid groups is 2. The molecule has 360 valence electrons. The van der Waals surface area contributed by atoms with Crippen LogP contribution >= 0.6 is 15.6 Å². The minimum atomic E-state index is -4.29. The minimum absolute atomic E-state index is 0.000100. The van der Waals surface area contributed by atoms with Crippen LogP contribution in [0.15, 0.2) is 0 Å². The summed E-state index contributed by atoms with van der Waals surface area (Å²) >= 11 is 0. The predicted molar refractivity (Wildman–Crippen MR) is 209 cm³/mol. The first-order valence-electron chi connectivity index (χ1n) is 20.4. The number of aliphatic hydroxyl groups is 6. The molecule has 0 saturated carbocycles. The molecule has 0 aromatic rings. The van der Waals surface area contributed by atoms with E-state index in [1.54, 1.807) is 0 Å². The van der Waals surface area contributed by atoms with Crippen LogP contribution in [0, 0.1) is 0 Å². The van der Waals surface area contributed by atoms with Gasteiger partial charge in [0.1, 0.15) is 48.7 Å². The van der Waals surface area contributed by atoms with Crippen molar-refractivity contribution in [3.63, 3.8) is 0 Å². The molecule has 0 spiro atoms. The third-order valence-electron chi connectivity index (χ3n) is 9.19. The highest BCUT2D eigenvalue weighted by Gasteiger charge is 2.46. The standard InChI is InChI=1S/C35H68N2O22P2/c1-24(40)36-28-32(44)30(42)26(22-38)58-34(28)52-13-7-3-5-9-15-54-60(46,47)56-17-11-12-50-18-19-51-20-21-57-61(48,49)55-16-10-6-4-8-14-53-35-29(37-25(2)41)33(45)31(43)27(23-39)59-35/h26-35,38-39,42-45H,3-23H2,1-2H3,(H,36,40)(H,37,41)(H,46,47)(H,48,49)/t26?,27?,28-,29-,30-,31-,32?,33?,34+,35+/m0/s1. The van der Waals surface area contributed by atoms with Crippen molar-refractivity contribution in [2.24, 2.45) is 0 Å². The Morgan fingerprint density at radius 2 is 0.836 bits per heavy atom. The van der Waals surface area contributed by atoms with Crippen LogP contribution < -0.4 is 10.6 Å². The smallest absolute Gasteiger partial charge is 0.394 e. The Hall–Kier alpha value is -1.32. The molecule has 0 radical (unpaired) electrons. The molecule has 2 fully saturated rings. The van der Waals surface area contributed by atoms with Crippen LogP contribution in [0.25, 0.3) is 0 Å². The zero-order valence-corrected chi connectivity index (χ0v) is 36.6. The van der Waals surface area contributed by atoms with Crippen molar-refractivity contribution in [3.05, 3.63) is 0 Å². The Kier molecular flexibility index (Phi) is 28.1. The van der Waals surface area contributed by atoms with Gasteiger partial charge in [-0.1, -0.05) is 25.7 Å². The first kappa shape index (κ1) is 55.8. The monoisotopic (exact) mass is 930 g/mol. The van der Waals surface area contributed by atoms with Crippen molar-refractivity contribution < 1.29 is 106 Å². The Morgan fingerprint density at radius 1 is 0.492 bits per heavy atom. The summed E-state index contributed by atoms with van der Waals surface area (Å²) in [7, 11) is -8.54. The van der Waals surface area contributed by atoms with Crippen molar-refractivity contribution in [2.45, 2.75) is 133 Å². The molecule has 0 aromatic carbocycles. The Morgan fingerprint density at radius 3 is 1.23 bits per heavy atom. The van der Waals surface area contributed by atoms with Gasteiger partial charge in [-0.25, -0.2) is 9.13 Å². The summed E-state index contributed by atoms with van der Waals surface area (Å²) in [5, 5.41) is 64.5. The van der Waals surface area contributed by atoms with Crippen LogP contribution in [0.2, 0.25) is 0 Å². The second-order valence-corrected chi connectivity index (χ2v) is 17.2. The maximum Gasteiger partial charge on any atom is 0.472 e. The van der Waals surface area contributed by atoms with Crippen LogP contribution in [0.5, 0.6) is 0 Å². The molecule has 24 nitrogen and oxygen atoms in total. The fourth-order valence-electron chi connectivity index (χ4n) is 6.05. The number of hydrogen-bond acceptors (Lipinski definition) is 20. The number of carbonyl (C=O) groups excluding carboxylic acids is 2. The van der Waals surface area contributed by atoms with E-state index in [9.17, 15) is 59.1 Å².